The molecule has 2 N–H and O–H groups in total. The molecular weight excluding hydrogens is 248 g/mol. The second-order valence-corrected chi connectivity index (χ2v) is 3.81. The summed E-state index contributed by atoms with van der Waals surface area (Å²) in [6, 6.07) is 3.18. The lowest BCUT2D eigenvalue weighted by molar-refractivity contribution is 0.265. The molecule has 0 unspecified atom stereocenters. The summed E-state index contributed by atoms with van der Waals surface area (Å²) in [5.74, 6) is -0.779. The van der Waals surface area contributed by atoms with Crippen LogP contribution in [0.2, 0.25) is 0 Å². The predicted molar refractivity (Wildman–Crippen MR) is 58.8 cm³/mol. The quantitative estimate of drug-likeness (QED) is 0.824. The first-order chi connectivity index (χ1) is 8.11. The molecule has 0 radical (unpaired) electrons. The third-order valence-corrected chi connectivity index (χ3v) is 2.63. The number of aliphatic hydroxyl groups is 1. The number of nitrogens with one attached hydrogen (secondary N) is 1. The van der Waals surface area contributed by atoms with Crippen LogP contribution in [0.25, 0.3) is 0 Å². The maximum absolute atomic E-state index is 13.4. The van der Waals surface area contributed by atoms with Crippen LogP contribution in [-0.4, -0.2) is 19.9 Å². The molecule has 7 heteroatoms. The average molecular weight is 257 g/mol. The Kier molecular flexibility index (Phi) is 3.30. The van der Waals surface area contributed by atoms with Crippen LogP contribution < -0.4 is 0 Å². The van der Waals surface area contributed by atoms with E-state index >= 15 is 0 Å². The molecule has 0 amide bonds. The largest absolute Gasteiger partial charge is 0.388 e. The maximum atomic E-state index is 13.4. The Morgan fingerprint density at radius 3 is 2.88 bits per heavy atom. The van der Waals surface area contributed by atoms with Gasteiger partial charge in [0, 0.05) is 5.56 Å². The first-order valence-corrected chi connectivity index (χ1v) is 5.21. The van der Waals surface area contributed by atoms with Crippen molar-refractivity contribution in [1.82, 2.24) is 14.8 Å². The highest BCUT2D eigenvalue weighted by atomic mass is 32.1. The molecule has 0 saturated carbocycles. The molecule has 1 heterocycles. The molecule has 0 bridgehead atoms. The van der Waals surface area contributed by atoms with Gasteiger partial charge in [-0.25, -0.2) is 8.78 Å². The van der Waals surface area contributed by atoms with Gasteiger partial charge in [-0.2, -0.15) is 5.10 Å². The van der Waals surface area contributed by atoms with E-state index in [0.29, 0.717) is 0 Å². The van der Waals surface area contributed by atoms with Crippen LogP contribution in [0.1, 0.15) is 11.4 Å². The van der Waals surface area contributed by atoms with Crippen LogP contribution in [0.4, 0.5) is 8.78 Å². The number of rotatable bonds is 3. The lowest BCUT2D eigenvalue weighted by Crippen LogP contribution is -2.07. The van der Waals surface area contributed by atoms with Gasteiger partial charge in [0.2, 0.25) is 0 Å². The normalized spacial score (nSPS) is 10.8. The molecule has 0 atom stereocenters. The Balaban J connectivity index is 2.40. The summed E-state index contributed by atoms with van der Waals surface area (Å²) in [4.78, 5) is 0. The van der Waals surface area contributed by atoms with Gasteiger partial charge in [0.25, 0.3) is 0 Å². The minimum Gasteiger partial charge on any atom is -0.388 e. The first kappa shape index (κ1) is 11.9. The summed E-state index contributed by atoms with van der Waals surface area (Å²) in [7, 11) is 0. The van der Waals surface area contributed by atoms with E-state index in [9.17, 15) is 8.78 Å². The average Bonchev–Trinajstić information content (AvgIpc) is 2.65. The molecule has 1 aromatic heterocycles. The third-order valence-electron chi connectivity index (χ3n) is 2.31. The fourth-order valence-electron chi connectivity index (χ4n) is 1.47. The SMILES string of the molecule is OCc1n[nH]c(=S)n1Cc1cc(F)ccc1F. The van der Waals surface area contributed by atoms with Gasteiger partial charge in [0.1, 0.15) is 18.2 Å². The zero-order chi connectivity index (χ0) is 12.4. The van der Waals surface area contributed by atoms with Crippen molar-refractivity contribution in [1.29, 1.82) is 0 Å². The Bertz CT molecular complexity index is 593. The zero-order valence-electron chi connectivity index (χ0n) is 8.65. The minimum absolute atomic E-state index is 0.0226. The fourth-order valence-corrected chi connectivity index (χ4v) is 1.68. The van der Waals surface area contributed by atoms with E-state index in [1.807, 2.05) is 0 Å². The standard InChI is InChI=1S/C10H9F2N3OS/c11-7-1-2-8(12)6(3-7)4-15-9(5-16)13-14-10(15)17/h1-3,16H,4-5H2,(H,14,17). The molecule has 17 heavy (non-hydrogen) atoms. The zero-order valence-corrected chi connectivity index (χ0v) is 9.47. The number of H-pyrrole nitrogens is 1. The predicted octanol–water partition coefficient (Wildman–Crippen LogP) is 1.76. The first-order valence-electron chi connectivity index (χ1n) is 4.80. The summed E-state index contributed by atoms with van der Waals surface area (Å²) in [5.41, 5.74) is 0.150. The van der Waals surface area contributed by atoms with Gasteiger partial charge in [-0.05, 0) is 30.4 Å². The molecule has 90 valence electrons. The van der Waals surface area contributed by atoms with Gasteiger partial charge < -0.3 is 5.11 Å². The van der Waals surface area contributed by atoms with Crippen molar-refractivity contribution in [2.45, 2.75) is 13.2 Å². The molecule has 0 spiro atoms. The second-order valence-electron chi connectivity index (χ2n) is 3.42. The van der Waals surface area contributed by atoms with Crippen molar-refractivity contribution in [2.24, 2.45) is 0 Å². The van der Waals surface area contributed by atoms with Crippen LogP contribution in [0.5, 0.6) is 0 Å². The summed E-state index contributed by atoms with van der Waals surface area (Å²) in [6.45, 7) is -0.307. The highest BCUT2D eigenvalue weighted by Crippen LogP contribution is 2.12. The van der Waals surface area contributed by atoms with Crippen LogP contribution >= 0.6 is 12.2 Å². The number of hydrogen-bond acceptors (Lipinski definition) is 3. The van der Waals surface area contributed by atoms with Crippen molar-refractivity contribution in [3.63, 3.8) is 0 Å². The van der Waals surface area contributed by atoms with Gasteiger partial charge in [-0.1, -0.05) is 0 Å². The van der Waals surface area contributed by atoms with Crippen molar-refractivity contribution >= 4 is 12.2 Å². The van der Waals surface area contributed by atoms with Gasteiger partial charge in [0.05, 0.1) is 6.54 Å². The second kappa shape index (κ2) is 4.72. The molecule has 2 aromatic rings. The van der Waals surface area contributed by atoms with Crippen molar-refractivity contribution in [2.75, 3.05) is 0 Å². The molecule has 1 aromatic carbocycles. The molecule has 2 rings (SSSR count). The molecule has 0 aliphatic carbocycles. The Morgan fingerprint density at radius 1 is 1.41 bits per heavy atom. The van der Waals surface area contributed by atoms with Crippen LogP contribution in [-0.2, 0) is 13.2 Å². The Hall–Kier alpha value is -1.60. The van der Waals surface area contributed by atoms with Crippen LogP contribution in [0.3, 0.4) is 0 Å². The number of aliphatic hydroxyl groups excluding tert-OH is 1. The molecule has 0 saturated heterocycles. The van der Waals surface area contributed by atoms with E-state index in [4.69, 9.17) is 17.3 Å². The van der Waals surface area contributed by atoms with E-state index in [-0.39, 0.29) is 29.3 Å². The van der Waals surface area contributed by atoms with E-state index in [1.165, 1.54) is 4.57 Å². The molecule has 0 aliphatic heterocycles. The molecule has 4 nitrogen and oxygen atoms in total. The number of hydrogen-bond donors (Lipinski definition) is 2. The van der Waals surface area contributed by atoms with Crippen molar-refractivity contribution < 1.29 is 13.9 Å². The Morgan fingerprint density at radius 2 is 2.18 bits per heavy atom. The van der Waals surface area contributed by atoms with E-state index in [0.717, 1.165) is 18.2 Å². The van der Waals surface area contributed by atoms with Gasteiger partial charge in [-0.3, -0.25) is 9.67 Å². The summed E-state index contributed by atoms with van der Waals surface area (Å²) in [5, 5.41) is 15.3. The monoisotopic (exact) mass is 257 g/mol. The van der Waals surface area contributed by atoms with Crippen molar-refractivity contribution in [3.05, 3.63) is 46.0 Å². The van der Waals surface area contributed by atoms with E-state index in [1.54, 1.807) is 0 Å². The van der Waals surface area contributed by atoms with E-state index in [2.05, 4.69) is 10.2 Å². The van der Waals surface area contributed by atoms with Crippen LogP contribution in [0.15, 0.2) is 18.2 Å². The van der Waals surface area contributed by atoms with E-state index < -0.39 is 11.6 Å². The smallest absolute Gasteiger partial charge is 0.195 e. The number of halogens is 2. The third kappa shape index (κ3) is 2.40. The lowest BCUT2D eigenvalue weighted by Gasteiger charge is -2.06. The molecular formula is C10H9F2N3OS. The fraction of sp³-hybridized carbons (Fsp3) is 0.200. The highest BCUT2D eigenvalue weighted by molar-refractivity contribution is 7.71. The van der Waals surface area contributed by atoms with Gasteiger partial charge >= 0.3 is 0 Å². The summed E-state index contributed by atoms with van der Waals surface area (Å²) in [6.07, 6.45) is 0. The summed E-state index contributed by atoms with van der Waals surface area (Å²) < 4.78 is 28.1. The Labute approximate surface area is 101 Å². The number of benzene rings is 1. The number of aromatic nitrogens is 3. The van der Waals surface area contributed by atoms with Crippen molar-refractivity contribution in [3.8, 4) is 0 Å². The lowest BCUT2D eigenvalue weighted by atomic mass is 10.2. The number of nitrogens with zero attached hydrogens (tertiary/aromatic N) is 2. The minimum atomic E-state index is -0.529. The number of aromatic amines is 1. The van der Waals surface area contributed by atoms with Crippen LogP contribution in [0, 0.1) is 16.4 Å². The van der Waals surface area contributed by atoms with Gasteiger partial charge in [-0.15, -0.1) is 0 Å². The highest BCUT2D eigenvalue weighted by Gasteiger charge is 2.09. The topological polar surface area (TPSA) is 53.8 Å². The molecule has 0 fully saturated rings. The summed E-state index contributed by atoms with van der Waals surface area (Å²) >= 11 is 4.93. The molecule has 0 aliphatic rings. The maximum Gasteiger partial charge on any atom is 0.195 e. The van der Waals surface area contributed by atoms with Gasteiger partial charge in [0.15, 0.2) is 10.6 Å².